The molecule has 2 rings (SSSR count). The van der Waals surface area contributed by atoms with E-state index >= 15 is 0 Å². The Morgan fingerprint density at radius 1 is 1.03 bits per heavy atom. The lowest BCUT2D eigenvalue weighted by Crippen LogP contribution is -2.59. The Labute approximate surface area is 226 Å². The number of benzene rings is 2. The smallest absolute Gasteiger partial charge is 0.397 e. The van der Waals surface area contributed by atoms with Gasteiger partial charge in [0, 0.05) is 26.7 Å². The van der Waals surface area contributed by atoms with Gasteiger partial charge in [0.05, 0.1) is 25.6 Å². The van der Waals surface area contributed by atoms with Gasteiger partial charge >= 0.3 is 6.18 Å². The number of carbonyl (C=O) groups excluding carboxylic acids is 2. The summed E-state index contributed by atoms with van der Waals surface area (Å²) >= 11 is 24.6. The number of carbonyl (C=O) groups is 2. The molecule has 13 heteroatoms. The maximum absolute atomic E-state index is 12.9. The SMILES string of the molecule is CN(C[C@](CCCO)(c1ccc(Cl)c(Cl)c1)N(Cc1cccc(Cl)c1Cl)C(=O)[O-])C(=O)CC(F)(F)F. The van der Waals surface area contributed by atoms with Gasteiger partial charge in [-0.2, -0.15) is 13.2 Å². The average molecular weight is 589 g/mol. The number of alkyl halides is 3. The van der Waals surface area contributed by atoms with Crippen LogP contribution in [-0.2, 0) is 16.9 Å². The third-order valence-corrected chi connectivity index (χ3v) is 7.18. The van der Waals surface area contributed by atoms with Crippen LogP contribution in [0.5, 0.6) is 0 Å². The Hall–Kier alpha value is -1.91. The van der Waals surface area contributed by atoms with Gasteiger partial charge in [0.2, 0.25) is 5.91 Å². The Morgan fingerprint density at radius 3 is 2.25 bits per heavy atom. The summed E-state index contributed by atoms with van der Waals surface area (Å²) in [6.45, 7) is -1.29. The molecule has 2 amide bonds. The van der Waals surface area contributed by atoms with Crippen LogP contribution in [0.25, 0.3) is 0 Å². The molecule has 0 saturated carbocycles. The van der Waals surface area contributed by atoms with Crippen molar-refractivity contribution in [1.29, 1.82) is 0 Å². The second kappa shape index (κ2) is 12.6. The first-order valence-electron chi connectivity index (χ1n) is 10.5. The van der Waals surface area contributed by atoms with Crippen molar-refractivity contribution in [3.63, 3.8) is 0 Å². The van der Waals surface area contributed by atoms with E-state index in [2.05, 4.69) is 0 Å². The number of aliphatic hydroxyl groups excluding tert-OH is 1. The molecule has 6 nitrogen and oxygen atoms in total. The van der Waals surface area contributed by atoms with Gasteiger partial charge in [-0.15, -0.1) is 0 Å². The monoisotopic (exact) mass is 587 g/mol. The van der Waals surface area contributed by atoms with E-state index in [1.165, 1.54) is 30.3 Å². The molecule has 0 saturated heterocycles. The van der Waals surface area contributed by atoms with Crippen LogP contribution < -0.4 is 5.11 Å². The van der Waals surface area contributed by atoms with E-state index in [0.29, 0.717) is 0 Å². The zero-order chi connectivity index (χ0) is 27.3. The highest BCUT2D eigenvalue weighted by molar-refractivity contribution is 6.42. The van der Waals surface area contributed by atoms with Crippen LogP contribution in [0, 0.1) is 0 Å². The van der Waals surface area contributed by atoms with Gasteiger partial charge in [0.15, 0.2) is 0 Å². The largest absolute Gasteiger partial charge is 0.530 e. The van der Waals surface area contributed by atoms with Crippen molar-refractivity contribution in [2.24, 2.45) is 0 Å². The van der Waals surface area contributed by atoms with Crippen molar-refractivity contribution in [1.82, 2.24) is 9.80 Å². The number of aliphatic hydroxyl groups is 1. The molecule has 0 unspecified atom stereocenters. The van der Waals surface area contributed by atoms with E-state index in [9.17, 15) is 33.0 Å². The second-order valence-corrected chi connectivity index (χ2v) is 9.69. The third kappa shape index (κ3) is 7.55. The quantitative estimate of drug-likeness (QED) is 0.396. The van der Waals surface area contributed by atoms with Gasteiger partial charge in [-0.3, -0.25) is 4.79 Å². The van der Waals surface area contributed by atoms with Gasteiger partial charge in [0.25, 0.3) is 0 Å². The molecule has 0 aliphatic carbocycles. The first-order chi connectivity index (χ1) is 16.7. The maximum Gasteiger partial charge on any atom is 0.397 e. The van der Waals surface area contributed by atoms with Crippen LogP contribution in [0.4, 0.5) is 18.0 Å². The average Bonchev–Trinajstić information content (AvgIpc) is 2.78. The molecule has 2 aromatic carbocycles. The van der Waals surface area contributed by atoms with Gasteiger partial charge in [0.1, 0.15) is 12.5 Å². The second-order valence-electron chi connectivity index (χ2n) is 8.09. The molecule has 0 aromatic heterocycles. The summed E-state index contributed by atoms with van der Waals surface area (Å²) in [5, 5.41) is 22.5. The highest BCUT2D eigenvalue weighted by Gasteiger charge is 2.42. The fraction of sp³-hybridized carbons (Fsp3) is 0.391. The highest BCUT2D eigenvalue weighted by Crippen LogP contribution is 2.40. The summed E-state index contributed by atoms with van der Waals surface area (Å²) < 4.78 is 38.8. The zero-order valence-corrected chi connectivity index (χ0v) is 21.9. The van der Waals surface area contributed by atoms with E-state index in [-0.39, 0.29) is 50.7 Å². The zero-order valence-electron chi connectivity index (χ0n) is 18.9. The van der Waals surface area contributed by atoms with Crippen molar-refractivity contribution >= 4 is 58.4 Å². The molecule has 36 heavy (non-hydrogen) atoms. The van der Waals surface area contributed by atoms with Gasteiger partial charge in [-0.1, -0.05) is 64.6 Å². The van der Waals surface area contributed by atoms with Crippen molar-refractivity contribution in [2.45, 2.75) is 37.5 Å². The number of rotatable bonds is 10. The Kier molecular flexibility index (Phi) is 10.6. The summed E-state index contributed by atoms with van der Waals surface area (Å²) in [4.78, 5) is 26.6. The Bertz CT molecular complexity index is 1100. The minimum atomic E-state index is -4.77. The molecule has 0 bridgehead atoms. The fourth-order valence-electron chi connectivity index (χ4n) is 3.87. The van der Waals surface area contributed by atoms with Gasteiger partial charge < -0.3 is 24.8 Å². The van der Waals surface area contributed by atoms with Crippen molar-refractivity contribution in [3.8, 4) is 0 Å². The number of hydrogen-bond acceptors (Lipinski definition) is 4. The Balaban J connectivity index is 2.72. The number of nitrogens with zero attached hydrogens (tertiary/aromatic N) is 2. The standard InChI is InChI=1S/C23H23Cl4F3N2O4/c1-31(19(34)11-23(28,29)30)13-22(8-3-9-33,15-6-7-16(24)18(26)10-15)32(21(35)36)12-14-4-2-5-17(25)20(14)27/h2,4-7,10,33H,3,8-9,11-13H2,1H3,(H,35,36)/p-1/t22-/m1/s1. The van der Waals surface area contributed by atoms with Crippen molar-refractivity contribution in [2.75, 3.05) is 20.2 Å². The topological polar surface area (TPSA) is 83.9 Å². The number of likely N-dealkylation sites (N-methyl/N-ethyl adjacent to an activating group) is 1. The normalized spacial score (nSPS) is 13.2. The predicted octanol–water partition coefficient (Wildman–Crippen LogP) is 5.52. The predicted molar refractivity (Wildman–Crippen MR) is 130 cm³/mol. The van der Waals surface area contributed by atoms with Crippen LogP contribution >= 0.6 is 46.4 Å². The molecule has 1 atom stereocenters. The van der Waals surface area contributed by atoms with E-state index in [4.69, 9.17) is 46.4 Å². The highest BCUT2D eigenvalue weighted by atomic mass is 35.5. The lowest BCUT2D eigenvalue weighted by atomic mass is 9.82. The minimum absolute atomic E-state index is 0.0224. The molecule has 1 N–H and O–H groups in total. The molecule has 0 aliphatic rings. The third-order valence-electron chi connectivity index (χ3n) is 5.58. The van der Waals surface area contributed by atoms with Crippen LogP contribution in [-0.4, -0.2) is 53.3 Å². The molecule has 2 aromatic rings. The molecular weight excluding hydrogens is 567 g/mol. The van der Waals surface area contributed by atoms with Crippen molar-refractivity contribution in [3.05, 3.63) is 67.6 Å². The summed E-state index contributed by atoms with van der Waals surface area (Å²) in [5.41, 5.74) is -1.21. The van der Waals surface area contributed by atoms with Crippen LogP contribution in [0.2, 0.25) is 20.1 Å². The molecular formula is C23H22Cl4F3N2O4-. The molecule has 0 heterocycles. The number of carboxylic acid groups (broad SMARTS) is 1. The van der Waals surface area contributed by atoms with E-state index in [1.807, 2.05) is 0 Å². The number of halogens is 7. The first kappa shape index (κ1) is 30.3. The first-order valence-corrected chi connectivity index (χ1v) is 12.0. The lowest BCUT2D eigenvalue weighted by Gasteiger charge is -2.48. The molecule has 0 spiro atoms. The number of amides is 2. The number of hydrogen-bond donors (Lipinski definition) is 1. The van der Waals surface area contributed by atoms with Crippen LogP contribution in [0.1, 0.15) is 30.4 Å². The molecule has 0 radical (unpaired) electrons. The van der Waals surface area contributed by atoms with Crippen LogP contribution in [0.15, 0.2) is 36.4 Å². The van der Waals surface area contributed by atoms with Crippen LogP contribution in [0.3, 0.4) is 0 Å². The summed E-state index contributed by atoms with van der Waals surface area (Å²) in [6, 6.07) is 8.77. The minimum Gasteiger partial charge on any atom is -0.530 e. The Morgan fingerprint density at radius 2 is 1.69 bits per heavy atom. The lowest BCUT2D eigenvalue weighted by molar-refractivity contribution is -0.274. The molecule has 0 fully saturated rings. The van der Waals surface area contributed by atoms with E-state index < -0.39 is 43.2 Å². The van der Waals surface area contributed by atoms with E-state index in [1.54, 1.807) is 6.07 Å². The summed E-state index contributed by atoms with van der Waals surface area (Å²) in [5.74, 6) is -1.28. The maximum atomic E-state index is 12.9. The van der Waals surface area contributed by atoms with Gasteiger partial charge in [-0.05, 0) is 42.2 Å². The molecule has 198 valence electrons. The summed E-state index contributed by atoms with van der Waals surface area (Å²) in [6.07, 6.45) is -8.31. The summed E-state index contributed by atoms with van der Waals surface area (Å²) in [7, 11) is 1.12. The molecule has 0 aliphatic heterocycles. The van der Waals surface area contributed by atoms with E-state index in [0.717, 1.165) is 16.8 Å². The van der Waals surface area contributed by atoms with Crippen molar-refractivity contribution < 1.29 is 33.0 Å². The van der Waals surface area contributed by atoms with Gasteiger partial charge in [-0.25, -0.2) is 0 Å². The fourth-order valence-corrected chi connectivity index (χ4v) is 4.54.